The molecular formula is C15H17N3OS. The van der Waals surface area contributed by atoms with Gasteiger partial charge in [0.1, 0.15) is 11.6 Å². The van der Waals surface area contributed by atoms with Crippen LogP contribution in [0.25, 0.3) is 0 Å². The fraction of sp³-hybridized carbons (Fsp3) is 0.200. The van der Waals surface area contributed by atoms with Crippen molar-refractivity contribution in [2.75, 3.05) is 17.7 Å². The van der Waals surface area contributed by atoms with E-state index < -0.39 is 0 Å². The molecule has 2 rings (SSSR count). The summed E-state index contributed by atoms with van der Waals surface area (Å²) in [6.45, 7) is 3.95. The highest BCUT2D eigenvalue weighted by Gasteiger charge is 2.06. The molecule has 2 N–H and O–H groups in total. The third kappa shape index (κ3) is 3.68. The fourth-order valence-corrected chi connectivity index (χ4v) is 2.02. The van der Waals surface area contributed by atoms with E-state index in [1.807, 2.05) is 50.2 Å². The van der Waals surface area contributed by atoms with E-state index in [0.717, 1.165) is 22.7 Å². The zero-order valence-electron chi connectivity index (χ0n) is 11.7. The molecule has 1 aromatic carbocycles. The Hall–Kier alpha value is -2.14. The van der Waals surface area contributed by atoms with Crippen LogP contribution in [0.1, 0.15) is 11.3 Å². The maximum atomic E-state index is 5.31. The van der Waals surface area contributed by atoms with Crippen LogP contribution >= 0.6 is 12.2 Å². The van der Waals surface area contributed by atoms with Gasteiger partial charge in [-0.1, -0.05) is 12.1 Å². The van der Waals surface area contributed by atoms with Gasteiger partial charge >= 0.3 is 0 Å². The Balaban J connectivity index is 2.10. The van der Waals surface area contributed by atoms with Crippen molar-refractivity contribution in [3.05, 3.63) is 47.7 Å². The van der Waals surface area contributed by atoms with Crippen molar-refractivity contribution in [3.63, 3.8) is 0 Å². The van der Waals surface area contributed by atoms with Gasteiger partial charge in [-0.2, -0.15) is 0 Å². The molecule has 0 radical (unpaired) electrons. The molecule has 0 aliphatic rings. The zero-order chi connectivity index (χ0) is 14.5. The summed E-state index contributed by atoms with van der Waals surface area (Å²) >= 11 is 5.29. The average Bonchev–Trinajstić information content (AvgIpc) is 2.38. The monoisotopic (exact) mass is 287 g/mol. The average molecular weight is 287 g/mol. The Kier molecular flexibility index (Phi) is 4.53. The minimum Gasteiger partial charge on any atom is -0.495 e. The van der Waals surface area contributed by atoms with E-state index in [0.29, 0.717) is 10.9 Å². The number of aromatic nitrogens is 1. The molecular weight excluding hydrogens is 270 g/mol. The van der Waals surface area contributed by atoms with Crippen LogP contribution in [-0.4, -0.2) is 17.2 Å². The molecule has 104 valence electrons. The summed E-state index contributed by atoms with van der Waals surface area (Å²) < 4.78 is 5.31. The van der Waals surface area contributed by atoms with Gasteiger partial charge in [-0.05, 0) is 55.9 Å². The molecule has 2 aromatic rings. The topological polar surface area (TPSA) is 46.2 Å². The molecule has 1 heterocycles. The number of hydrogen-bond donors (Lipinski definition) is 2. The van der Waals surface area contributed by atoms with Gasteiger partial charge in [0.25, 0.3) is 0 Å². The van der Waals surface area contributed by atoms with Crippen LogP contribution in [0.3, 0.4) is 0 Å². The lowest BCUT2D eigenvalue weighted by Gasteiger charge is -2.13. The number of rotatable bonds is 3. The Morgan fingerprint density at radius 2 is 1.95 bits per heavy atom. The molecule has 0 amide bonds. The summed E-state index contributed by atoms with van der Waals surface area (Å²) in [5.74, 6) is 1.46. The number of aryl methyl sites for hydroxylation is 2. The second kappa shape index (κ2) is 6.34. The molecule has 5 heteroatoms. The van der Waals surface area contributed by atoms with Gasteiger partial charge in [0.2, 0.25) is 0 Å². The number of hydrogen-bond acceptors (Lipinski definition) is 3. The molecule has 1 aromatic heterocycles. The minimum absolute atomic E-state index is 0.479. The third-order valence-corrected chi connectivity index (χ3v) is 2.94. The predicted octanol–water partition coefficient (Wildman–Crippen LogP) is 3.52. The molecule has 0 fully saturated rings. The van der Waals surface area contributed by atoms with E-state index >= 15 is 0 Å². The standard InChI is InChI=1S/C15H17N3OS/c1-10-7-8-13(19-3)12(9-10)17-15(20)18-14-6-4-5-11(2)16-14/h4-9H,1-3H3,(H2,16,17,18,20). The number of pyridine rings is 1. The zero-order valence-corrected chi connectivity index (χ0v) is 12.5. The van der Waals surface area contributed by atoms with Crippen LogP contribution < -0.4 is 15.4 Å². The highest BCUT2D eigenvalue weighted by atomic mass is 32.1. The quantitative estimate of drug-likeness (QED) is 0.846. The minimum atomic E-state index is 0.479. The van der Waals surface area contributed by atoms with E-state index in [2.05, 4.69) is 15.6 Å². The number of thiocarbonyl (C=S) groups is 1. The van der Waals surface area contributed by atoms with E-state index in [1.165, 1.54) is 0 Å². The molecule has 20 heavy (non-hydrogen) atoms. The van der Waals surface area contributed by atoms with Crippen LogP contribution in [-0.2, 0) is 0 Å². The molecule has 0 unspecified atom stereocenters. The van der Waals surface area contributed by atoms with Gasteiger partial charge in [0.15, 0.2) is 5.11 Å². The van der Waals surface area contributed by atoms with Gasteiger partial charge in [-0.15, -0.1) is 0 Å². The first-order valence-corrected chi connectivity index (χ1v) is 6.65. The number of methoxy groups -OCH3 is 1. The normalized spacial score (nSPS) is 9.95. The first-order chi connectivity index (χ1) is 9.58. The lowest BCUT2D eigenvalue weighted by atomic mass is 10.2. The van der Waals surface area contributed by atoms with Gasteiger partial charge in [-0.3, -0.25) is 0 Å². The number of nitrogens with zero attached hydrogens (tertiary/aromatic N) is 1. The van der Waals surface area contributed by atoms with Crippen LogP contribution in [0.5, 0.6) is 5.75 Å². The van der Waals surface area contributed by atoms with Gasteiger partial charge in [0, 0.05) is 5.69 Å². The van der Waals surface area contributed by atoms with Crippen molar-refractivity contribution in [1.29, 1.82) is 0 Å². The first kappa shape index (κ1) is 14.3. The number of anilines is 2. The maximum absolute atomic E-state index is 5.31. The highest BCUT2D eigenvalue weighted by molar-refractivity contribution is 7.80. The van der Waals surface area contributed by atoms with Crippen molar-refractivity contribution < 1.29 is 4.74 Å². The summed E-state index contributed by atoms with van der Waals surface area (Å²) in [7, 11) is 1.63. The third-order valence-electron chi connectivity index (χ3n) is 2.73. The lowest BCUT2D eigenvalue weighted by molar-refractivity contribution is 0.417. The van der Waals surface area contributed by atoms with Gasteiger partial charge in [-0.25, -0.2) is 4.98 Å². The summed E-state index contributed by atoms with van der Waals surface area (Å²) in [5, 5.41) is 6.66. The van der Waals surface area contributed by atoms with Crippen molar-refractivity contribution in [1.82, 2.24) is 4.98 Å². The second-order valence-corrected chi connectivity index (χ2v) is 4.86. The number of nitrogens with one attached hydrogen (secondary N) is 2. The lowest BCUT2D eigenvalue weighted by Crippen LogP contribution is -2.20. The maximum Gasteiger partial charge on any atom is 0.176 e. The molecule has 0 atom stereocenters. The Morgan fingerprint density at radius 1 is 1.15 bits per heavy atom. The molecule has 0 saturated heterocycles. The van der Waals surface area contributed by atoms with Crippen molar-refractivity contribution in [2.45, 2.75) is 13.8 Å². The van der Waals surface area contributed by atoms with Crippen molar-refractivity contribution in [3.8, 4) is 5.75 Å². The summed E-state index contributed by atoms with van der Waals surface area (Å²) in [6, 6.07) is 11.6. The van der Waals surface area contributed by atoms with Crippen molar-refractivity contribution in [2.24, 2.45) is 0 Å². The van der Waals surface area contributed by atoms with E-state index in [-0.39, 0.29) is 0 Å². The van der Waals surface area contributed by atoms with Crippen LogP contribution in [0, 0.1) is 13.8 Å². The number of benzene rings is 1. The molecule has 4 nitrogen and oxygen atoms in total. The predicted molar refractivity (Wildman–Crippen MR) is 86.5 cm³/mol. The smallest absolute Gasteiger partial charge is 0.176 e. The molecule has 0 bridgehead atoms. The number of ether oxygens (including phenoxy) is 1. The van der Waals surface area contributed by atoms with Crippen LogP contribution in [0.15, 0.2) is 36.4 Å². The van der Waals surface area contributed by atoms with Crippen LogP contribution in [0.4, 0.5) is 11.5 Å². The molecule has 0 aliphatic heterocycles. The Bertz CT molecular complexity index is 628. The summed E-state index contributed by atoms with van der Waals surface area (Å²) in [6.07, 6.45) is 0. The van der Waals surface area contributed by atoms with E-state index in [9.17, 15) is 0 Å². The fourth-order valence-electron chi connectivity index (χ4n) is 1.80. The highest BCUT2D eigenvalue weighted by Crippen LogP contribution is 2.25. The van der Waals surface area contributed by atoms with E-state index in [4.69, 9.17) is 17.0 Å². The van der Waals surface area contributed by atoms with Gasteiger partial charge < -0.3 is 15.4 Å². The first-order valence-electron chi connectivity index (χ1n) is 6.25. The Morgan fingerprint density at radius 3 is 2.65 bits per heavy atom. The SMILES string of the molecule is COc1ccc(C)cc1NC(=S)Nc1cccc(C)n1. The molecule has 0 saturated carbocycles. The Labute approximate surface area is 124 Å². The molecule has 0 aliphatic carbocycles. The second-order valence-electron chi connectivity index (χ2n) is 4.45. The van der Waals surface area contributed by atoms with Gasteiger partial charge in [0.05, 0.1) is 12.8 Å². The van der Waals surface area contributed by atoms with E-state index in [1.54, 1.807) is 7.11 Å². The van der Waals surface area contributed by atoms with Crippen molar-refractivity contribution >= 4 is 28.8 Å². The largest absolute Gasteiger partial charge is 0.495 e. The molecule has 0 spiro atoms. The summed E-state index contributed by atoms with van der Waals surface area (Å²) in [5.41, 5.74) is 2.90. The summed E-state index contributed by atoms with van der Waals surface area (Å²) in [4.78, 5) is 4.35. The van der Waals surface area contributed by atoms with Crippen LogP contribution in [0.2, 0.25) is 0 Å².